The lowest BCUT2D eigenvalue weighted by atomic mass is 9.95. The Labute approximate surface area is 745 Å². The van der Waals surface area contributed by atoms with Crippen molar-refractivity contribution in [3.63, 3.8) is 0 Å². The standard InChI is InChI=1S/C17H16O2S.C16H14O2S.C15H12O2S.C14H10O3S.C14H10O2S.C13H7ClO2S.C13H8O2S/c1-9(2)15-10(3)13(18)8-12-16(19)11-6-4-5-7-14(11)20-17(12)15;1-9(2)12-7-10(17)8-13-15(18)11-5-3-4-6-14(11)19-16(12)13;1-8-9(2)15-11(7-12(8)16)14(17)10-5-3-4-6-13(10)18-15;1-17-8-6-10-13(16)9-4-2-3-5-12(9)18-14(10)11(15)7-8;1-8-6-9(15)7-11-13(16)10-4-2-3-5-12(10)17-14(8)11;14-8-5-6-9(15)13-11(8)12(16)7-3-1-2-4-10(7)17-13;14-8-5-6-12-10(7-8)13(15)9-3-1-2-4-11(9)16-12/h4-9,18H,1-3H3;3-9,17H,1-2H3;3-7,16H,1-2H3;2-7,15H,1H3;2-7,15H,1H3;1-6,15H;1-7,14H. The number of methoxy groups -OCH3 is 1. The number of phenolic OH excluding ortho intramolecular Hbond substituents is 7. The molecule has 0 spiro atoms. The first-order chi connectivity index (χ1) is 60.0. The van der Waals surface area contributed by atoms with E-state index in [4.69, 9.17) is 16.3 Å². The maximum absolute atomic E-state index is 12.6. The maximum Gasteiger partial charge on any atom is 0.197 e. The van der Waals surface area contributed by atoms with E-state index < -0.39 is 0 Å². The number of hydrogen-bond donors (Lipinski definition) is 7. The molecule has 7 heterocycles. The highest BCUT2D eigenvalue weighted by molar-refractivity contribution is 7.27. The molecule has 0 bridgehead atoms. The molecule has 0 fully saturated rings. The van der Waals surface area contributed by atoms with Gasteiger partial charge < -0.3 is 40.5 Å². The number of ether oxygens (including phenoxy) is 1. The van der Waals surface area contributed by atoms with E-state index in [0.29, 0.717) is 74.0 Å². The number of aromatic hydroxyl groups is 7. The van der Waals surface area contributed by atoms with Crippen LogP contribution in [0.2, 0.25) is 5.02 Å². The van der Waals surface area contributed by atoms with Crippen molar-refractivity contribution in [1.29, 1.82) is 0 Å². The lowest BCUT2D eigenvalue weighted by Crippen LogP contribution is -2.04. The van der Waals surface area contributed by atoms with Crippen LogP contribution in [0.1, 0.15) is 72.9 Å². The summed E-state index contributed by atoms with van der Waals surface area (Å²) in [6.45, 7) is 16.0. The predicted octanol–water partition coefficient (Wildman–Crippen LogP) is 26.0. The fraction of sp³-hybridized carbons (Fsp3) is 0.108. The van der Waals surface area contributed by atoms with Crippen LogP contribution in [-0.4, -0.2) is 42.9 Å². The summed E-state index contributed by atoms with van der Waals surface area (Å²) >= 11 is 16.8. The number of fused-ring (bicyclic) bond motifs is 14. The van der Waals surface area contributed by atoms with Crippen molar-refractivity contribution in [2.75, 3.05) is 7.11 Å². The van der Waals surface area contributed by atoms with E-state index in [1.54, 1.807) is 129 Å². The van der Waals surface area contributed by atoms with E-state index in [1.165, 1.54) is 48.0 Å². The zero-order valence-corrected chi connectivity index (χ0v) is 74.9. The van der Waals surface area contributed by atoms with E-state index in [9.17, 15) is 69.3 Å². The van der Waals surface area contributed by atoms with Crippen molar-refractivity contribution < 1.29 is 40.5 Å². The molecule has 0 saturated heterocycles. The molecule has 21 rings (SSSR count). The molecule has 624 valence electrons. The van der Waals surface area contributed by atoms with Crippen LogP contribution in [0.15, 0.2) is 282 Å². The van der Waals surface area contributed by atoms with E-state index >= 15 is 0 Å². The van der Waals surface area contributed by atoms with Crippen LogP contribution in [0.25, 0.3) is 141 Å². The minimum absolute atomic E-state index is 0.00199. The lowest BCUT2D eigenvalue weighted by molar-refractivity contribution is 0.409. The molecule has 21 aromatic rings. The fourth-order valence-electron chi connectivity index (χ4n) is 14.9. The number of aryl methyl sites for hydroxylation is 2. The molecule has 0 aliphatic rings. The van der Waals surface area contributed by atoms with Gasteiger partial charge in [0.1, 0.15) is 46.0 Å². The second-order valence-electron chi connectivity index (χ2n) is 30.2. The second kappa shape index (κ2) is 36.4. The normalized spacial score (nSPS) is 11.2. The Kier molecular flexibility index (Phi) is 25.3. The Morgan fingerprint density at radius 1 is 0.272 bits per heavy atom. The Morgan fingerprint density at radius 2 is 0.624 bits per heavy atom. The third kappa shape index (κ3) is 17.3. The zero-order valence-electron chi connectivity index (χ0n) is 68.5. The largest absolute Gasteiger partial charge is 0.508 e. The predicted molar refractivity (Wildman–Crippen MR) is 530 cm³/mol. The smallest absolute Gasteiger partial charge is 0.197 e. The first-order valence-electron chi connectivity index (χ1n) is 39.3. The molecule has 0 amide bonds. The molecule has 0 atom stereocenters. The summed E-state index contributed by atoms with van der Waals surface area (Å²) < 4.78 is 17.7. The highest BCUT2D eigenvalue weighted by Crippen LogP contribution is 2.42. The van der Waals surface area contributed by atoms with Crippen LogP contribution < -0.4 is 42.7 Å². The van der Waals surface area contributed by atoms with Gasteiger partial charge in [0.05, 0.1) is 26.9 Å². The van der Waals surface area contributed by atoms with Crippen LogP contribution in [0, 0.1) is 27.7 Å². The molecular formula is C102H77ClO15S7. The Morgan fingerprint density at radius 3 is 1.09 bits per heavy atom. The number of rotatable bonds is 3. The molecule has 0 saturated carbocycles. The minimum Gasteiger partial charge on any atom is -0.508 e. The zero-order chi connectivity index (χ0) is 88.7. The average molecular weight is 1800 g/mol. The highest BCUT2D eigenvalue weighted by Gasteiger charge is 2.21. The SMILES string of the molecule is CC(C)c1cc(O)cc2c(=O)c3ccccc3sc12.COc1cc(O)c2sc3ccccc3c(=O)c2c1.Cc1c(O)cc2c(=O)c3ccccc3sc2c1C.Cc1c(O)cc2c(=O)c3ccccc3sc2c1C(C)C.Cc1cc(O)cc2c(=O)c3ccccc3sc12.O=c1c2ccccc2sc2c(O)ccc(Cl)c12.O=c1c2ccccc2sc2ccc(O)cc12. The van der Waals surface area contributed by atoms with Crippen LogP contribution in [-0.2, 0) is 0 Å². The van der Waals surface area contributed by atoms with Crippen molar-refractivity contribution in [2.45, 2.75) is 67.2 Å². The fourth-order valence-corrected chi connectivity index (χ4v) is 23.5. The van der Waals surface area contributed by atoms with Crippen LogP contribution in [0.3, 0.4) is 0 Å². The van der Waals surface area contributed by atoms with Gasteiger partial charge in [0.15, 0.2) is 38.0 Å². The summed E-state index contributed by atoms with van der Waals surface area (Å²) in [5.74, 6) is 2.04. The van der Waals surface area contributed by atoms with Crippen molar-refractivity contribution in [1.82, 2.24) is 0 Å². The maximum atomic E-state index is 12.6. The summed E-state index contributed by atoms with van der Waals surface area (Å²) in [5, 5.41) is 77.7. The van der Waals surface area contributed by atoms with Crippen molar-refractivity contribution >= 4 is 232 Å². The summed E-state index contributed by atoms with van der Waals surface area (Å²) in [4.78, 5) is 86.6. The molecule has 0 unspecified atom stereocenters. The summed E-state index contributed by atoms with van der Waals surface area (Å²) in [6.07, 6.45) is 0. The van der Waals surface area contributed by atoms with Crippen molar-refractivity contribution in [2.24, 2.45) is 0 Å². The average Bonchev–Trinajstić information content (AvgIpc) is 0.740. The van der Waals surface area contributed by atoms with E-state index in [1.807, 2.05) is 185 Å². The van der Waals surface area contributed by atoms with Gasteiger partial charge in [-0.2, -0.15) is 0 Å². The third-order valence-corrected chi connectivity index (χ3v) is 30.3. The number of halogens is 1. The van der Waals surface area contributed by atoms with Gasteiger partial charge in [0, 0.05) is 132 Å². The van der Waals surface area contributed by atoms with Gasteiger partial charge in [0.2, 0.25) is 0 Å². The van der Waals surface area contributed by atoms with Gasteiger partial charge >= 0.3 is 0 Å². The molecule has 0 aliphatic carbocycles. The number of benzene rings is 14. The first-order valence-corrected chi connectivity index (χ1v) is 45.4. The summed E-state index contributed by atoms with van der Waals surface area (Å²) in [5.41, 5.74) is 5.53. The van der Waals surface area contributed by atoms with Crippen LogP contribution in [0.4, 0.5) is 0 Å². The topological polar surface area (TPSA) is 270 Å². The van der Waals surface area contributed by atoms with Gasteiger partial charge in [0.25, 0.3) is 0 Å². The monoisotopic (exact) mass is 1800 g/mol. The van der Waals surface area contributed by atoms with Crippen molar-refractivity contribution in [3.05, 3.63) is 359 Å². The van der Waals surface area contributed by atoms with Crippen molar-refractivity contribution in [3.8, 4) is 46.0 Å². The molecular weight excluding hydrogens is 1730 g/mol. The minimum atomic E-state index is -0.129. The quantitative estimate of drug-likeness (QED) is 0.0811. The molecule has 23 heteroatoms. The van der Waals surface area contributed by atoms with Crippen LogP contribution in [0.5, 0.6) is 46.0 Å². The molecule has 0 aliphatic heterocycles. The Bertz CT molecular complexity index is 8420. The third-order valence-electron chi connectivity index (χ3n) is 21.4. The second-order valence-corrected chi connectivity index (χ2v) is 38.0. The van der Waals surface area contributed by atoms with E-state index in [2.05, 4.69) is 27.7 Å². The first kappa shape index (κ1) is 86.9. The van der Waals surface area contributed by atoms with Crippen LogP contribution >= 0.6 is 91.0 Å². The van der Waals surface area contributed by atoms with Gasteiger partial charge in [-0.25, -0.2) is 0 Å². The molecule has 7 aromatic heterocycles. The van der Waals surface area contributed by atoms with Gasteiger partial charge in [-0.1, -0.05) is 124 Å². The van der Waals surface area contributed by atoms with E-state index in [-0.39, 0.29) is 90.1 Å². The van der Waals surface area contributed by atoms with Gasteiger partial charge in [-0.3, -0.25) is 33.6 Å². The Balaban J connectivity index is 0.000000113. The van der Waals surface area contributed by atoms with Gasteiger partial charge in [-0.05, 0) is 231 Å². The highest BCUT2D eigenvalue weighted by atomic mass is 35.5. The molecule has 7 N–H and O–H groups in total. The summed E-state index contributed by atoms with van der Waals surface area (Å²) in [6, 6.07) is 73.6. The number of phenols is 7. The van der Waals surface area contributed by atoms with E-state index in [0.717, 1.165) is 111 Å². The van der Waals surface area contributed by atoms with Gasteiger partial charge in [-0.15, -0.1) is 79.4 Å². The lowest BCUT2D eigenvalue weighted by Gasteiger charge is -2.15. The summed E-state index contributed by atoms with van der Waals surface area (Å²) in [7, 11) is 1.51. The molecule has 15 nitrogen and oxygen atoms in total. The molecule has 14 aromatic carbocycles. The molecule has 125 heavy (non-hydrogen) atoms. The Hall–Kier alpha value is -13.0. The number of hydrogen-bond acceptors (Lipinski definition) is 22. The molecule has 0 radical (unpaired) electrons.